The number of carbonyl (C=O) groups is 2. The number of halogens is 1. The first-order valence-electron chi connectivity index (χ1n) is 12.8. The van der Waals surface area contributed by atoms with Crippen molar-refractivity contribution in [3.8, 4) is 11.5 Å². The topological polar surface area (TPSA) is 102 Å². The van der Waals surface area contributed by atoms with Crippen LogP contribution in [0.3, 0.4) is 0 Å². The number of benzene rings is 3. The molecule has 210 valence electrons. The first-order chi connectivity index (χ1) is 19.9. The molecule has 5 rings (SSSR count). The Morgan fingerprint density at radius 3 is 2.56 bits per heavy atom. The van der Waals surface area contributed by atoms with Crippen molar-refractivity contribution < 1.29 is 28.6 Å². The summed E-state index contributed by atoms with van der Waals surface area (Å²) in [4.78, 5) is 28.2. The van der Waals surface area contributed by atoms with Crippen LogP contribution >= 0.6 is 23.1 Å². The molecule has 0 radical (unpaired) electrons. The third-order valence-electron chi connectivity index (χ3n) is 6.37. The fourth-order valence-corrected chi connectivity index (χ4v) is 6.21. The fourth-order valence-electron chi connectivity index (χ4n) is 4.36. The monoisotopic (exact) mass is 591 g/mol. The Balaban J connectivity index is 1.55. The van der Waals surface area contributed by atoms with Crippen LogP contribution in [0.4, 0.5) is 9.52 Å². The number of rotatable bonds is 10. The van der Waals surface area contributed by atoms with Gasteiger partial charge in [0.25, 0.3) is 5.78 Å². The van der Waals surface area contributed by atoms with E-state index in [0.717, 1.165) is 17.8 Å². The Labute approximate surface area is 244 Å². The number of aliphatic hydroxyl groups excluding tert-OH is 1. The number of ether oxygens (including phenoxy) is 2. The van der Waals surface area contributed by atoms with E-state index < -0.39 is 17.7 Å². The quantitative estimate of drug-likeness (QED) is 0.0744. The lowest BCUT2D eigenvalue weighted by Crippen LogP contribution is -2.29. The van der Waals surface area contributed by atoms with Crippen LogP contribution in [-0.2, 0) is 15.3 Å². The zero-order chi connectivity index (χ0) is 28.9. The maximum absolute atomic E-state index is 14.1. The van der Waals surface area contributed by atoms with Crippen LogP contribution in [0.15, 0.2) is 82.7 Å². The lowest BCUT2D eigenvalue weighted by molar-refractivity contribution is -0.132. The molecule has 2 heterocycles. The number of hydrogen-bond donors (Lipinski definition) is 1. The van der Waals surface area contributed by atoms with Crippen LogP contribution in [0.2, 0.25) is 0 Å². The number of ketones is 1. The second-order valence-corrected chi connectivity index (χ2v) is 11.2. The molecule has 8 nitrogen and oxygen atoms in total. The van der Waals surface area contributed by atoms with Gasteiger partial charge in [-0.05, 0) is 60.0 Å². The SMILES string of the molecule is CCCOc1cccc(C2/C(=C(\O)c3ccc(OC)cc3)C(=O)C(=O)N2c2nnc(SCc3ccccc3F)s2)c1. The van der Waals surface area contributed by atoms with E-state index in [-0.39, 0.29) is 22.3 Å². The number of aromatic nitrogens is 2. The van der Waals surface area contributed by atoms with E-state index in [0.29, 0.717) is 44.9 Å². The van der Waals surface area contributed by atoms with E-state index in [9.17, 15) is 19.1 Å². The van der Waals surface area contributed by atoms with E-state index in [4.69, 9.17) is 9.47 Å². The molecular formula is C30H26FN3O5S2. The molecule has 3 aromatic carbocycles. The predicted octanol–water partition coefficient (Wildman–Crippen LogP) is 6.39. The Kier molecular flexibility index (Phi) is 8.65. The molecule has 1 aromatic heterocycles. The summed E-state index contributed by atoms with van der Waals surface area (Å²) in [5, 5.41) is 19.9. The first kappa shape index (κ1) is 28.3. The minimum Gasteiger partial charge on any atom is -0.507 e. The van der Waals surface area contributed by atoms with Crippen molar-refractivity contribution in [1.29, 1.82) is 0 Å². The number of carbonyl (C=O) groups excluding carboxylic acids is 2. The molecule has 0 saturated carbocycles. The van der Waals surface area contributed by atoms with Crippen LogP contribution in [0, 0.1) is 5.82 Å². The number of thioether (sulfide) groups is 1. The van der Waals surface area contributed by atoms with Crippen LogP contribution in [0.1, 0.15) is 36.1 Å². The number of Topliss-reactive ketones (excluding diaryl/α,β-unsaturated/α-hetero) is 1. The number of anilines is 1. The molecule has 1 N–H and O–H groups in total. The molecule has 1 atom stereocenters. The number of nitrogens with zero attached hydrogens (tertiary/aromatic N) is 3. The number of hydrogen-bond acceptors (Lipinski definition) is 9. The average Bonchev–Trinajstić information content (AvgIpc) is 3.57. The molecule has 4 aromatic rings. The van der Waals surface area contributed by atoms with E-state index in [1.807, 2.05) is 6.92 Å². The van der Waals surface area contributed by atoms with Gasteiger partial charge < -0.3 is 14.6 Å². The minimum atomic E-state index is -0.986. The van der Waals surface area contributed by atoms with Crippen LogP contribution in [0.25, 0.3) is 5.76 Å². The standard InChI is InChI=1S/C30H26FN3O5S2/c1-3-15-39-22-9-6-8-19(16-22)25-24(26(35)18-11-13-21(38-2)14-12-18)27(36)28(37)34(25)29-32-33-30(41-29)40-17-20-7-4-5-10-23(20)31/h4-14,16,25,35H,3,15,17H2,1-2H3/b26-24+. The van der Waals surface area contributed by atoms with Crippen LogP contribution in [-0.4, -0.2) is 40.7 Å². The van der Waals surface area contributed by atoms with Gasteiger partial charge in [-0.3, -0.25) is 14.5 Å². The Bertz CT molecular complexity index is 1610. The van der Waals surface area contributed by atoms with Gasteiger partial charge in [-0.25, -0.2) is 4.39 Å². The van der Waals surface area contributed by atoms with Crippen molar-refractivity contribution in [2.75, 3.05) is 18.6 Å². The number of methoxy groups -OCH3 is 1. The lowest BCUT2D eigenvalue weighted by Gasteiger charge is -2.23. The van der Waals surface area contributed by atoms with Gasteiger partial charge in [0.2, 0.25) is 5.13 Å². The van der Waals surface area contributed by atoms with Crippen LogP contribution in [0.5, 0.6) is 11.5 Å². The van der Waals surface area contributed by atoms with Crippen molar-refractivity contribution in [2.24, 2.45) is 0 Å². The van der Waals surface area contributed by atoms with Gasteiger partial charge in [0.1, 0.15) is 23.1 Å². The lowest BCUT2D eigenvalue weighted by atomic mass is 9.95. The van der Waals surface area contributed by atoms with Gasteiger partial charge in [-0.15, -0.1) is 10.2 Å². The fraction of sp³-hybridized carbons (Fsp3) is 0.200. The number of amides is 1. The molecule has 1 saturated heterocycles. The van der Waals surface area contributed by atoms with Gasteiger partial charge in [0.05, 0.1) is 25.3 Å². The summed E-state index contributed by atoms with van der Waals surface area (Å²) in [6, 6.07) is 19.1. The van der Waals surface area contributed by atoms with Gasteiger partial charge in [0.15, 0.2) is 4.34 Å². The summed E-state index contributed by atoms with van der Waals surface area (Å²) < 4.78 is 25.6. The Hall–Kier alpha value is -4.22. The van der Waals surface area contributed by atoms with Gasteiger partial charge in [-0.1, -0.05) is 60.4 Å². The molecule has 1 aliphatic heterocycles. The summed E-state index contributed by atoms with van der Waals surface area (Å²) in [5.41, 5.74) is 1.34. The normalized spacial score (nSPS) is 16.3. The highest BCUT2D eigenvalue weighted by Gasteiger charge is 2.48. The third kappa shape index (κ3) is 5.96. The molecule has 11 heteroatoms. The zero-order valence-electron chi connectivity index (χ0n) is 22.2. The highest BCUT2D eigenvalue weighted by molar-refractivity contribution is 8.00. The minimum absolute atomic E-state index is 0.0800. The highest BCUT2D eigenvalue weighted by atomic mass is 32.2. The van der Waals surface area contributed by atoms with E-state index in [1.54, 1.807) is 66.7 Å². The molecule has 1 amide bonds. The van der Waals surface area contributed by atoms with Gasteiger partial charge in [-0.2, -0.15) is 0 Å². The zero-order valence-corrected chi connectivity index (χ0v) is 23.9. The van der Waals surface area contributed by atoms with Crippen LogP contribution < -0.4 is 14.4 Å². The summed E-state index contributed by atoms with van der Waals surface area (Å²) in [7, 11) is 1.53. The van der Waals surface area contributed by atoms with Gasteiger partial charge >= 0.3 is 5.91 Å². The summed E-state index contributed by atoms with van der Waals surface area (Å²) in [6.45, 7) is 2.49. The average molecular weight is 592 g/mol. The van der Waals surface area contributed by atoms with Crippen molar-refractivity contribution in [1.82, 2.24) is 10.2 Å². The largest absolute Gasteiger partial charge is 0.507 e. The Morgan fingerprint density at radius 1 is 1.05 bits per heavy atom. The molecule has 41 heavy (non-hydrogen) atoms. The summed E-state index contributed by atoms with van der Waals surface area (Å²) in [5.74, 6) is -0.870. The second-order valence-electron chi connectivity index (χ2n) is 9.05. The molecule has 0 bridgehead atoms. The maximum Gasteiger partial charge on any atom is 0.301 e. The Morgan fingerprint density at radius 2 is 1.83 bits per heavy atom. The smallest absolute Gasteiger partial charge is 0.301 e. The van der Waals surface area contributed by atoms with Crippen molar-refractivity contribution in [3.05, 3.63) is 101 Å². The van der Waals surface area contributed by atoms with E-state index in [2.05, 4.69) is 10.2 Å². The second kappa shape index (κ2) is 12.5. The number of aliphatic hydroxyl groups is 1. The predicted molar refractivity (Wildman–Crippen MR) is 156 cm³/mol. The molecule has 0 aliphatic carbocycles. The van der Waals surface area contributed by atoms with Crippen molar-refractivity contribution in [3.63, 3.8) is 0 Å². The third-order valence-corrected chi connectivity index (χ3v) is 8.47. The summed E-state index contributed by atoms with van der Waals surface area (Å²) in [6.07, 6.45) is 0.804. The van der Waals surface area contributed by atoms with Gasteiger partial charge in [0, 0.05) is 11.3 Å². The highest BCUT2D eigenvalue weighted by Crippen LogP contribution is 2.44. The summed E-state index contributed by atoms with van der Waals surface area (Å²) >= 11 is 2.39. The first-order valence-corrected chi connectivity index (χ1v) is 14.6. The molecular weight excluding hydrogens is 565 g/mol. The van der Waals surface area contributed by atoms with Crippen molar-refractivity contribution in [2.45, 2.75) is 29.5 Å². The molecule has 1 fully saturated rings. The van der Waals surface area contributed by atoms with Crippen molar-refractivity contribution >= 4 is 45.7 Å². The molecule has 1 aliphatic rings. The molecule has 0 spiro atoms. The maximum atomic E-state index is 14.1. The molecule has 1 unspecified atom stereocenters. The van der Waals surface area contributed by atoms with E-state index >= 15 is 0 Å². The van der Waals surface area contributed by atoms with E-state index in [1.165, 1.54) is 29.8 Å².